The van der Waals surface area contributed by atoms with Crippen molar-refractivity contribution in [3.05, 3.63) is 29.8 Å². The molecule has 22 heavy (non-hydrogen) atoms. The summed E-state index contributed by atoms with van der Waals surface area (Å²) in [5.41, 5.74) is 0.206. The van der Waals surface area contributed by atoms with Gasteiger partial charge in [-0.3, -0.25) is 9.69 Å². The van der Waals surface area contributed by atoms with Crippen molar-refractivity contribution in [3.63, 3.8) is 0 Å². The van der Waals surface area contributed by atoms with Crippen LogP contribution in [-0.4, -0.2) is 29.5 Å². The van der Waals surface area contributed by atoms with Gasteiger partial charge in [-0.15, -0.1) is 0 Å². The van der Waals surface area contributed by atoms with Crippen LogP contribution in [0.25, 0.3) is 0 Å². The van der Waals surface area contributed by atoms with E-state index >= 15 is 0 Å². The van der Waals surface area contributed by atoms with E-state index in [-0.39, 0.29) is 24.4 Å². The third kappa shape index (κ3) is 2.34. The largest absolute Gasteiger partial charge is 0.497 e. The highest BCUT2D eigenvalue weighted by Crippen LogP contribution is 2.38. The maximum absolute atomic E-state index is 12.9. The summed E-state index contributed by atoms with van der Waals surface area (Å²) in [6.45, 7) is 2.35. The van der Waals surface area contributed by atoms with E-state index in [1.807, 2.05) is 24.3 Å². The molecule has 0 radical (unpaired) electrons. The summed E-state index contributed by atoms with van der Waals surface area (Å²) < 4.78 is 5.20. The molecule has 1 aliphatic heterocycles. The van der Waals surface area contributed by atoms with Crippen molar-refractivity contribution in [1.82, 2.24) is 10.2 Å². The minimum absolute atomic E-state index is 0.0764. The Bertz CT molecular complexity index is 601. The van der Waals surface area contributed by atoms with Gasteiger partial charge in [0.1, 0.15) is 11.3 Å². The number of rotatable bonds is 3. The second-order valence-corrected chi connectivity index (χ2v) is 6.29. The number of urea groups is 1. The van der Waals surface area contributed by atoms with E-state index in [0.29, 0.717) is 0 Å². The van der Waals surface area contributed by atoms with Crippen LogP contribution >= 0.6 is 0 Å². The summed E-state index contributed by atoms with van der Waals surface area (Å²) in [5.74, 6) is 0.839. The Morgan fingerprint density at radius 3 is 2.91 bits per heavy atom. The zero-order valence-corrected chi connectivity index (χ0v) is 13.1. The molecule has 5 nitrogen and oxygen atoms in total. The smallest absolute Gasteiger partial charge is 0.325 e. The molecule has 118 valence electrons. The average Bonchev–Trinajstić information content (AvgIpc) is 2.76. The Hall–Kier alpha value is -2.04. The molecule has 0 aromatic heterocycles. The molecule has 1 aromatic carbocycles. The van der Waals surface area contributed by atoms with E-state index < -0.39 is 5.54 Å². The molecule has 1 aromatic rings. The fourth-order valence-electron chi connectivity index (χ4n) is 3.59. The minimum Gasteiger partial charge on any atom is -0.497 e. The normalized spacial score (nSPS) is 28.1. The number of methoxy groups -OCH3 is 1. The molecule has 1 heterocycles. The van der Waals surface area contributed by atoms with Crippen LogP contribution in [0, 0.1) is 5.92 Å². The molecule has 2 aliphatic rings. The summed E-state index contributed by atoms with van der Waals surface area (Å²) >= 11 is 0. The predicted molar refractivity (Wildman–Crippen MR) is 82.4 cm³/mol. The lowest BCUT2D eigenvalue weighted by Gasteiger charge is -2.36. The number of imide groups is 1. The van der Waals surface area contributed by atoms with E-state index in [1.165, 1.54) is 4.90 Å². The third-order valence-electron chi connectivity index (χ3n) is 4.98. The Morgan fingerprint density at radius 2 is 2.18 bits per heavy atom. The number of nitrogens with zero attached hydrogens (tertiary/aromatic N) is 1. The lowest BCUT2D eigenvalue weighted by Crippen LogP contribution is -2.53. The first-order valence-electron chi connectivity index (χ1n) is 7.84. The van der Waals surface area contributed by atoms with Gasteiger partial charge in [-0.1, -0.05) is 31.9 Å². The number of hydrogen-bond acceptors (Lipinski definition) is 3. The van der Waals surface area contributed by atoms with Gasteiger partial charge in [0.2, 0.25) is 0 Å². The molecule has 1 spiro atoms. The maximum Gasteiger partial charge on any atom is 0.325 e. The van der Waals surface area contributed by atoms with E-state index in [9.17, 15) is 9.59 Å². The van der Waals surface area contributed by atoms with E-state index in [0.717, 1.165) is 37.0 Å². The zero-order valence-electron chi connectivity index (χ0n) is 13.1. The SMILES string of the molecule is COc1cccc(CN2C(=O)NC3(CCCCC3C)C2=O)c1. The fraction of sp³-hybridized carbons (Fsp3) is 0.529. The molecule has 2 fully saturated rings. The van der Waals surface area contributed by atoms with Crippen molar-refractivity contribution < 1.29 is 14.3 Å². The van der Waals surface area contributed by atoms with Crippen LogP contribution in [0.15, 0.2) is 24.3 Å². The molecule has 1 N–H and O–H groups in total. The van der Waals surface area contributed by atoms with Crippen molar-refractivity contribution >= 4 is 11.9 Å². The molecule has 3 rings (SSSR count). The Labute approximate surface area is 130 Å². The van der Waals surface area contributed by atoms with Gasteiger partial charge in [0.15, 0.2) is 0 Å². The first-order chi connectivity index (χ1) is 10.6. The molecule has 5 heteroatoms. The van der Waals surface area contributed by atoms with Gasteiger partial charge >= 0.3 is 6.03 Å². The van der Waals surface area contributed by atoms with Crippen LogP contribution in [0.3, 0.4) is 0 Å². The highest BCUT2D eigenvalue weighted by molar-refractivity contribution is 6.07. The molecular weight excluding hydrogens is 280 g/mol. The van der Waals surface area contributed by atoms with Crippen LogP contribution in [0.4, 0.5) is 4.79 Å². The van der Waals surface area contributed by atoms with Crippen LogP contribution in [0.5, 0.6) is 5.75 Å². The highest BCUT2D eigenvalue weighted by atomic mass is 16.5. The first-order valence-corrected chi connectivity index (χ1v) is 7.84. The Morgan fingerprint density at radius 1 is 1.36 bits per heavy atom. The topological polar surface area (TPSA) is 58.6 Å². The zero-order chi connectivity index (χ0) is 15.7. The second kappa shape index (κ2) is 5.63. The molecule has 2 unspecified atom stereocenters. The number of carbonyl (C=O) groups excluding carboxylic acids is 2. The quantitative estimate of drug-likeness (QED) is 0.873. The number of nitrogens with one attached hydrogen (secondary N) is 1. The van der Waals surface area contributed by atoms with E-state index in [4.69, 9.17) is 4.74 Å². The number of carbonyl (C=O) groups is 2. The number of hydrogen-bond donors (Lipinski definition) is 1. The number of ether oxygens (including phenoxy) is 1. The van der Waals surface area contributed by atoms with Gasteiger partial charge in [-0.05, 0) is 36.5 Å². The number of benzene rings is 1. The molecular formula is C17H22N2O3. The molecule has 2 atom stereocenters. The van der Waals surface area contributed by atoms with Gasteiger partial charge in [-0.2, -0.15) is 0 Å². The van der Waals surface area contributed by atoms with Gasteiger partial charge in [0, 0.05) is 0 Å². The van der Waals surface area contributed by atoms with Crippen LogP contribution in [-0.2, 0) is 11.3 Å². The second-order valence-electron chi connectivity index (χ2n) is 6.29. The molecule has 1 aliphatic carbocycles. The van der Waals surface area contributed by atoms with E-state index in [1.54, 1.807) is 7.11 Å². The summed E-state index contributed by atoms with van der Waals surface area (Å²) in [7, 11) is 1.60. The summed E-state index contributed by atoms with van der Waals surface area (Å²) in [6.07, 6.45) is 3.84. The summed E-state index contributed by atoms with van der Waals surface area (Å²) in [4.78, 5) is 26.5. The van der Waals surface area contributed by atoms with Crippen LogP contribution in [0.1, 0.15) is 38.2 Å². The molecule has 3 amide bonds. The van der Waals surface area contributed by atoms with Crippen molar-refractivity contribution in [2.75, 3.05) is 7.11 Å². The van der Waals surface area contributed by atoms with Crippen molar-refractivity contribution in [1.29, 1.82) is 0 Å². The lowest BCUT2D eigenvalue weighted by atomic mass is 9.73. The molecule has 0 bridgehead atoms. The highest BCUT2D eigenvalue weighted by Gasteiger charge is 2.54. The average molecular weight is 302 g/mol. The fourth-order valence-corrected chi connectivity index (χ4v) is 3.59. The summed E-state index contributed by atoms with van der Waals surface area (Å²) in [6, 6.07) is 7.20. The van der Waals surface area contributed by atoms with Crippen LogP contribution < -0.4 is 10.1 Å². The van der Waals surface area contributed by atoms with Gasteiger partial charge < -0.3 is 10.1 Å². The third-order valence-corrected chi connectivity index (χ3v) is 4.98. The van der Waals surface area contributed by atoms with Gasteiger partial charge in [-0.25, -0.2) is 4.79 Å². The predicted octanol–water partition coefficient (Wildman–Crippen LogP) is 2.70. The van der Waals surface area contributed by atoms with Crippen molar-refractivity contribution in [2.24, 2.45) is 5.92 Å². The monoisotopic (exact) mass is 302 g/mol. The van der Waals surface area contributed by atoms with Gasteiger partial charge in [0.25, 0.3) is 5.91 Å². The number of amides is 3. The molecule has 1 saturated heterocycles. The minimum atomic E-state index is -0.686. The van der Waals surface area contributed by atoms with Gasteiger partial charge in [0.05, 0.1) is 13.7 Å². The lowest BCUT2D eigenvalue weighted by molar-refractivity contribution is -0.134. The van der Waals surface area contributed by atoms with Crippen LogP contribution in [0.2, 0.25) is 0 Å². The van der Waals surface area contributed by atoms with Crippen molar-refractivity contribution in [3.8, 4) is 5.75 Å². The first kappa shape index (κ1) is 14.9. The Kier molecular flexibility index (Phi) is 3.81. The standard InChI is InChI=1S/C17H22N2O3/c1-12-6-3-4-9-17(12)15(20)19(16(21)18-17)11-13-7-5-8-14(10-13)22-2/h5,7-8,10,12H,3-4,6,9,11H2,1-2H3,(H,18,21). The Balaban J connectivity index is 1.82. The summed E-state index contributed by atoms with van der Waals surface area (Å²) in [5, 5.41) is 2.97. The maximum atomic E-state index is 12.9. The molecule has 1 saturated carbocycles. The van der Waals surface area contributed by atoms with Crippen molar-refractivity contribution in [2.45, 2.75) is 44.7 Å². The van der Waals surface area contributed by atoms with E-state index in [2.05, 4.69) is 12.2 Å².